The van der Waals surface area contributed by atoms with Crippen LogP contribution in [0, 0.1) is 0 Å². The van der Waals surface area contributed by atoms with Crippen LogP contribution < -0.4 is 10.1 Å². The normalized spacial score (nSPS) is 20.8. The van der Waals surface area contributed by atoms with Crippen LogP contribution in [-0.2, 0) is 6.54 Å². The lowest BCUT2D eigenvalue weighted by Gasteiger charge is -2.26. The third-order valence-electron chi connectivity index (χ3n) is 4.37. The Morgan fingerprint density at radius 3 is 2.57 bits per heavy atom. The molecule has 1 saturated carbocycles. The van der Waals surface area contributed by atoms with Crippen LogP contribution in [0.3, 0.4) is 0 Å². The summed E-state index contributed by atoms with van der Waals surface area (Å²) in [5.74, 6) is 0.851. The first-order valence-electron chi connectivity index (χ1n) is 7.84. The summed E-state index contributed by atoms with van der Waals surface area (Å²) in [4.78, 5) is 0. The molecule has 2 aromatic rings. The summed E-state index contributed by atoms with van der Waals surface area (Å²) < 4.78 is 5.19. The molecule has 1 fully saturated rings. The van der Waals surface area contributed by atoms with Crippen LogP contribution in [0.1, 0.15) is 31.2 Å². The molecule has 0 bridgehead atoms. The number of nitrogens with one attached hydrogen (secondary N) is 2. The van der Waals surface area contributed by atoms with Gasteiger partial charge < -0.3 is 15.2 Å². The van der Waals surface area contributed by atoms with Gasteiger partial charge in [-0.3, -0.25) is 5.10 Å². The van der Waals surface area contributed by atoms with Gasteiger partial charge in [0, 0.05) is 23.7 Å². The average Bonchev–Trinajstić information content (AvgIpc) is 3.03. The number of benzene rings is 1. The Morgan fingerprint density at radius 2 is 1.91 bits per heavy atom. The van der Waals surface area contributed by atoms with Gasteiger partial charge in [-0.1, -0.05) is 0 Å². The number of aromatic amines is 1. The highest BCUT2D eigenvalue weighted by molar-refractivity contribution is 5.85. The quantitative estimate of drug-likeness (QED) is 0.784. The summed E-state index contributed by atoms with van der Waals surface area (Å²) in [6.07, 6.45) is 5.64. The van der Waals surface area contributed by atoms with Crippen molar-refractivity contribution in [1.82, 2.24) is 15.5 Å². The Morgan fingerprint density at radius 1 is 1.22 bits per heavy atom. The molecule has 3 rings (SSSR count). The summed E-state index contributed by atoms with van der Waals surface area (Å²) in [7, 11) is 1.67. The molecule has 0 spiro atoms. The first-order valence-corrected chi connectivity index (χ1v) is 7.84. The predicted molar refractivity (Wildman–Crippen MR) is 92.9 cm³/mol. The summed E-state index contributed by atoms with van der Waals surface area (Å²) in [5, 5.41) is 20.4. The largest absolute Gasteiger partial charge is 0.497 e. The first kappa shape index (κ1) is 17.8. The lowest BCUT2D eigenvalue weighted by molar-refractivity contribution is 0.116. The van der Waals surface area contributed by atoms with Crippen molar-refractivity contribution in [2.45, 2.75) is 44.4 Å². The molecular weight excluding hydrogens is 314 g/mol. The van der Waals surface area contributed by atoms with E-state index < -0.39 is 0 Å². The third-order valence-corrected chi connectivity index (χ3v) is 4.37. The maximum absolute atomic E-state index is 9.56. The van der Waals surface area contributed by atoms with Gasteiger partial charge in [-0.2, -0.15) is 5.10 Å². The molecule has 0 atom stereocenters. The van der Waals surface area contributed by atoms with Crippen molar-refractivity contribution in [3.05, 3.63) is 36.0 Å². The van der Waals surface area contributed by atoms with E-state index in [9.17, 15) is 5.11 Å². The number of H-pyrrole nitrogens is 1. The monoisotopic (exact) mass is 337 g/mol. The van der Waals surface area contributed by atoms with Crippen molar-refractivity contribution in [3.8, 4) is 17.0 Å². The number of halogens is 1. The van der Waals surface area contributed by atoms with Gasteiger partial charge in [0.1, 0.15) is 5.75 Å². The zero-order valence-corrected chi connectivity index (χ0v) is 14.1. The first-order chi connectivity index (χ1) is 10.8. The van der Waals surface area contributed by atoms with E-state index in [4.69, 9.17) is 4.74 Å². The summed E-state index contributed by atoms with van der Waals surface area (Å²) in [5.41, 5.74) is 3.32. The Bertz CT molecular complexity index is 592. The molecule has 1 aromatic heterocycles. The molecule has 23 heavy (non-hydrogen) atoms. The minimum atomic E-state index is -0.109. The number of ether oxygens (including phenoxy) is 1. The Balaban J connectivity index is 0.00000192. The molecule has 0 radical (unpaired) electrons. The van der Waals surface area contributed by atoms with Crippen LogP contribution in [0.25, 0.3) is 11.3 Å². The van der Waals surface area contributed by atoms with Crippen LogP contribution in [0.4, 0.5) is 0 Å². The van der Waals surface area contributed by atoms with Crippen molar-refractivity contribution >= 4 is 12.4 Å². The number of aliphatic hydroxyl groups is 1. The Labute approximate surface area is 142 Å². The number of rotatable bonds is 5. The maximum atomic E-state index is 9.56. The van der Waals surface area contributed by atoms with Gasteiger partial charge in [-0.05, 0) is 49.9 Å². The minimum absolute atomic E-state index is 0. The van der Waals surface area contributed by atoms with Crippen LogP contribution in [0.15, 0.2) is 30.5 Å². The fourth-order valence-electron chi connectivity index (χ4n) is 2.99. The van der Waals surface area contributed by atoms with Crippen LogP contribution in [0.2, 0.25) is 0 Å². The third kappa shape index (κ3) is 4.47. The molecule has 1 aliphatic rings. The summed E-state index contributed by atoms with van der Waals surface area (Å²) >= 11 is 0. The minimum Gasteiger partial charge on any atom is -0.497 e. The molecule has 126 valence electrons. The van der Waals surface area contributed by atoms with Crippen molar-refractivity contribution < 1.29 is 9.84 Å². The molecule has 5 nitrogen and oxygen atoms in total. The van der Waals surface area contributed by atoms with E-state index in [1.54, 1.807) is 7.11 Å². The number of hydrogen-bond acceptors (Lipinski definition) is 4. The van der Waals surface area contributed by atoms with Crippen molar-refractivity contribution in [3.63, 3.8) is 0 Å². The molecule has 1 heterocycles. The second-order valence-corrected chi connectivity index (χ2v) is 5.89. The zero-order valence-electron chi connectivity index (χ0n) is 13.3. The van der Waals surface area contributed by atoms with E-state index in [0.29, 0.717) is 6.04 Å². The van der Waals surface area contributed by atoms with E-state index in [2.05, 4.69) is 15.5 Å². The molecule has 0 amide bonds. The fourth-order valence-corrected chi connectivity index (χ4v) is 2.99. The molecule has 0 aliphatic heterocycles. The van der Waals surface area contributed by atoms with Crippen molar-refractivity contribution in [2.75, 3.05) is 7.11 Å². The number of aromatic nitrogens is 2. The Kier molecular flexibility index (Phi) is 6.45. The van der Waals surface area contributed by atoms with Crippen LogP contribution in [0.5, 0.6) is 5.75 Å². The predicted octanol–water partition coefficient (Wildman–Crippen LogP) is 2.90. The molecule has 1 aromatic carbocycles. The highest BCUT2D eigenvalue weighted by Gasteiger charge is 2.19. The van der Waals surface area contributed by atoms with Gasteiger partial charge in [0.05, 0.1) is 25.1 Å². The summed E-state index contributed by atoms with van der Waals surface area (Å²) in [6.45, 7) is 0.790. The van der Waals surface area contributed by atoms with Gasteiger partial charge in [0.2, 0.25) is 0 Å². The van der Waals surface area contributed by atoms with Gasteiger partial charge in [0.15, 0.2) is 0 Å². The van der Waals surface area contributed by atoms with Crippen molar-refractivity contribution in [1.29, 1.82) is 0 Å². The van der Waals surface area contributed by atoms with Crippen molar-refractivity contribution in [2.24, 2.45) is 0 Å². The zero-order chi connectivity index (χ0) is 15.4. The summed E-state index contributed by atoms with van der Waals surface area (Å²) in [6, 6.07) is 8.47. The standard InChI is InChI=1S/C17H23N3O2.ClH/c1-22-16-8-2-12(3-9-16)17-13(11-19-20-17)10-18-14-4-6-15(21)7-5-14;/h2-3,8-9,11,14-15,18,21H,4-7,10H2,1H3,(H,19,20);1H. The smallest absolute Gasteiger partial charge is 0.118 e. The lowest BCUT2D eigenvalue weighted by Crippen LogP contribution is -2.34. The maximum Gasteiger partial charge on any atom is 0.118 e. The van der Waals surface area contributed by atoms with Gasteiger partial charge in [-0.15, -0.1) is 12.4 Å². The number of aliphatic hydroxyl groups excluding tert-OH is 1. The van der Waals surface area contributed by atoms with Gasteiger partial charge in [-0.25, -0.2) is 0 Å². The van der Waals surface area contributed by atoms with E-state index in [1.165, 1.54) is 0 Å². The molecular formula is C17H24ClN3O2. The van der Waals surface area contributed by atoms with Crippen LogP contribution >= 0.6 is 12.4 Å². The fraction of sp³-hybridized carbons (Fsp3) is 0.471. The van der Waals surface area contributed by atoms with Crippen LogP contribution in [-0.4, -0.2) is 34.6 Å². The molecule has 6 heteroatoms. The number of methoxy groups -OCH3 is 1. The van der Waals surface area contributed by atoms with E-state index in [0.717, 1.165) is 54.8 Å². The van der Waals surface area contributed by atoms with Gasteiger partial charge >= 0.3 is 0 Å². The highest BCUT2D eigenvalue weighted by atomic mass is 35.5. The average molecular weight is 338 g/mol. The topological polar surface area (TPSA) is 70.2 Å². The second kappa shape index (κ2) is 8.34. The lowest BCUT2D eigenvalue weighted by atomic mass is 9.93. The number of nitrogens with zero attached hydrogens (tertiary/aromatic N) is 1. The molecule has 1 aliphatic carbocycles. The highest BCUT2D eigenvalue weighted by Crippen LogP contribution is 2.24. The molecule has 0 unspecified atom stereocenters. The second-order valence-electron chi connectivity index (χ2n) is 5.89. The molecule has 3 N–H and O–H groups in total. The van der Waals surface area contributed by atoms with E-state index in [1.807, 2.05) is 30.5 Å². The number of hydrogen-bond donors (Lipinski definition) is 3. The van der Waals surface area contributed by atoms with Gasteiger partial charge in [0.25, 0.3) is 0 Å². The SMILES string of the molecule is COc1ccc(-c2[nH]ncc2CNC2CCC(O)CC2)cc1.Cl. The van der Waals surface area contributed by atoms with E-state index in [-0.39, 0.29) is 18.5 Å². The molecule has 0 saturated heterocycles. The van der Waals surface area contributed by atoms with E-state index >= 15 is 0 Å². The Hall–Kier alpha value is -1.56.